The number of methoxy groups -OCH3 is 1. The Morgan fingerprint density at radius 3 is 2.33 bits per heavy atom. The maximum absolute atomic E-state index is 6.72. The quantitative estimate of drug-likeness (QED) is 0.282. The summed E-state index contributed by atoms with van der Waals surface area (Å²) in [6, 6.07) is 24.1. The molecule has 2 aromatic carbocycles. The standard InChI is InChI=1S/C30H31BN3O2/c1-21(2)30(3,24-10-8-22(9-11-24)23-17-28(35-4)19-32-18-23)29(31)34-25-12-14-27(15-13-25)36-20-26-7-5-6-16-33-26/h5-19,21,34H,20H2,1-4H3. The number of pyridine rings is 2. The summed E-state index contributed by atoms with van der Waals surface area (Å²) in [6.07, 6.45) is 5.30. The van der Waals surface area contributed by atoms with E-state index in [1.54, 1.807) is 19.5 Å². The van der Waals surface area contributed by atoms with Gasteiger partial charge in [0.25, 0.3) is 0 Å². The van der Waals surface area contributed by atoms with E-state index in [1.807, 2.05) is 54.7 Å². The van der Waals surface area contributed by atoms with Crippen molar-refractivity contribution in [2.45, 2.75) is 32.8 Å². The molecule has 4 aromatic rings. The number of anilines is 1. The third kappa shape index (κ3) is 5.65. The van der Waals surface area contributed by atoms with E-state index in [1.165, 1.54) is 0 Å². The van der Waals surface area contributed by atoms with Crippen molar-refractivity contribution >= 4 is 18.8 Å². The predicted molar refractivity (Wildman–Crippen MR) is 148 cm³/mol. The topological polar surface area (TPSA) is 56.3 Å². The Kier molecular flexibility index (Phi) is 7.84. The zero-order valence-corrected chi connectivity index (χ0v) is 21.2. The summed E-state index contributed by atoms with van der Waals surface area (Å²) in [7, 11) is 8.36. The summed E-state index contributed by atoms with van der Waals surface area (Å²) in [6.45, 7) is 6.97. The molecular weight excluding hydrogens is 445 g/mol. The Bertz CT molecular complexity index is 1290. The van der Waals surface area contributed by atoms with E-state index in [-0.39, 0.29) is 11.3 Å². The Morgan fingerprint density at radius 1 is 0.944 bits per heavy atom. The van der Waals surface area contributed by atoms with E-state index < -0.39 is 0 Å². The first-order valence-corrected chi connectivity index (χ1v) is 12.0. The summed E-state index contributed by atoms with van der Waals surface area (Å²) in [5.74, 6) is 1.77. The second-order valence-corrected chi connectivity index (χ2v) is 9.22. The predicted octanol–water partition coefficient (Wildman–Crippen LogP) is 6.06. The molecule has 2 heterocycles. The molecule has 5 nitrogen and oxygen atoms in total. The van der Waals surface area contributed by atoms with E-state index in [9.17, 15) is 0 Å². The molecule has 36 heavy (non-hydrogen) atoms. The van der Waals surface area contributed by atoms with Crippen LogP contribution in [0.3, 0.4) is 0 Å². The molecule has 181 valence electrons. The number of aromatic nitrogens is 2. The van der Waals surface area contributed by atoms with Gasteiger partial charge < -0.3 is 0 Å². The monoisotopic (exact) mass is 476 g/mol. The van der Waals surface area contributed by atoms with Crippen LogP contribution in [0.25, 0.3) is 11.1 Å². The molecule has 0 saturated heterocycles. The normalized spacial score (nSPS) is 12.6. The van der Waals surface area contributed by atoms with Crippen molar-refractivity contribution in [2.75, 3.05) is 12.4 Å². The minimum atomic E-state index is -0.390. The number of rotatable bonds is 10. The van der Waals surface area contributed by atoms with Crippen LogP contribution in [0.4, 0.5) is 5.69 Å². The van der Waals surface area contributed by atoms with Crippen molar-refractivity contribution < 1.29 is 9.47 Å². The van der Waals surface area contributed by atoms with Crippen LogP contribution < -0.4 is 14.8 Å². The molecule has 0 aliphatic heterocycles. The fourth-order valence-electron chi connectivity index (χ4n) is 4.06. The number of nitrogens with zero attached hydrogens (tertiary/aromatic N) is 2. The number of nitrogens with one attached hydrogen (secondary N) is 1. The molecule has 0 amide bonds. The average Bonchev–Trinajstić information content (AvgIpc) is 2.92. The molecule has 2 aromatic heterocycles. The summed E-state index contributed by atoms with van der Waals surface area (Å²) in [5, 5.41) is 3.42. The van der Waals surface area contributed by atoms with Gasteiger partial charge in [0.15, 0.2) is 0 Å². The Labute approximate surface area is 214 Å². The summed E-state index contributed by atoms with van der Waals surface area (Å²) in [4.78, 5) is 8.56. The first-order valence-electron chi connectivity index (χ1n) is 12.0. The molecule has 0 aliphatic carbocycles. The van der Waals surface area contributed by atoms with Gasteiger partial charge in [0.2, 0.25) is 0 Å². The fourth-order valence-corrected chi connectivity index (χ4v) is 4.06. The van der Waals surface area contributed by atoms with Crippen LogP contribution in [0.5, 0.6) is 11.5 Å². The van der Waals surface area contributed by atoms with Crippen molar-refractivity contribution in [3.05, 3.63) is 103 Å². The van der Waals surface area contributed by atoms with E-state index in [0.717, 1.165) is 39.6 Å². The van der Waals surface area contributed by atoms with E-state index >= 15 is 0 Å². The molecule has 0 bridgehead atoms. The van der Waals surface area contributed by atoms with Gasteiger partial charge in [-0.25, -0.2) is 0 Å². The van der Waals surface area contributed by atoms with E-state index in [0.29, 0.717) is 12.2 Å². The molecule has 1 atom stereocenters. The molecule has 0 fully saturated rings. The Hall–Kier alpha value is -3.93. The molecule has 0 saturated carbocycles. The van der Waals surface area contributed by atoms with E-state index in [4.69, 9.17) is 17.0 Å². The summed E-state index contributed by atoms with van der Waals surface area (Å²) < 4.78 is 11.2. The van der Waals surface area contributed by atoms with Gasteiger partial charge >= 0.3 is 215 Å². The van der Waals surface area contributed by atoms with Crippen molar-refractivity contribution in [1.29, 1.82) is 0 Å². The van der Waals surface area contributed by atoms with Crippen molar-refractivity contribution in [3.63, 3.8) is 0 Å². The Balaban J connectivity index is 1.47. The summed E-state index contributed by atoms with van der Waals surface area (Å²) in [5.41, 5.74) is 5.31. The zero-order valence-electron chi connectivity index (χ0n) is 21.2. The first-order chi connectivity index (χ1) is 17.4. The maximum atomic E-state index is 6.72. The van der Waals surface area contributed by atoms with Gasteiger partial charge in [-0.15, -0.1) is 0 Å². The van der Waals surface area contributed by atoms with E-state index in [2.05, 4.69) is 60.3 Å². The number of hydrogen-bond acceptors (Lipinski definition) is 5. The van der Waals surface area contributed by atoms with Crippen LogP contribution in [-0.4, -0.2) is 30.2 Å². The molecule has 0 spiro atoms. The summed E-state index contributed by atoms with van der Waals surface area (Å²) >= 11 is 0. The van der Waals surface area contributed by atoms with Crippen molar-refractivity contribution in [3.8, 4) is 22.6 Å². The average molecular weight is 476 g/mol. The molecule has 0 aliphatic rings. The molecule has 6 heteroatoms. The van der Waals surface area contributed by atoms with Crippen molar-refractivity contribution in [2.24, 2.45) is 5.92 Å². The molecule has 4 rings (SSSR count). The SMILES string of the molecule is [B]=C(Nc1ccc(OCc2ccccn2)cc1)C(C)(c1ccc(-c2cncc(OC)c2)cc1)C(C)C. The second kappa shape index (κ2) is 11.2. The van der Waals surface area contributed by atoms with Gasteiger partial charge in [0.05, 0.1) is 0 Å². The van der Waals surface area contributed by atoms with Crippen LogP contribution in [0.1, 0.15) is 32.0 Å². The third-order valence-corrected chi connectivity index (χ3v) is 6.73. The second-order valence-electron chi connectivity index (χ2n) is 9.22. The minimum absolute atomic E-state index is 0.260. The number of hydrogen-bond donors (Lipinski definition) is 1. The zero-order chi connectivity index (χ0) is 25.5. The fraction of sp³-hybridized carbons (Fsp3) is 0.233. The van der Waals surface area contributed by atoms with Crippen LogP contribution in [-0.2, 0) is 12.0 Å². The number of benzene rings is 2. The molecule has 1 radical (unpaired) electrons. The number of ether oxygens (including phenoxy) is 2. The van der Waals surface area contributed by atoms with Gasteiger partial charge in [-0.2, -0.15) is 0 Å². The van der Waals surface area contributed by atoms with Crippen LogP contribution in [0.2, 0.25) is 0 Å². The molecule has 1 N–H and O–H groups in total. The Morgan fingerprint density at radius 2 is 1.69 bits per heavy atom. The van der Waals surface area contributed by atoms with Gasteiger partial charge in [-0.3, -0.25) is 0 Å². The van der Waals surface area contributed by atoms with Crippen LogP contribution in [0.15, 0.2) is 91.4 Å². The van der Waals surface area contributed by atoms with Crippen LogP contribution in [0, 0.1) is 5.92 Å². The first kappa shape index (κ1) is 25.2. The van der Waals surface area contributed by atoms with Gasteiger partial charge in [0.1, 0.15) is 0 Å². The van der Waals surface area contributed by atoms with Gasteiger partial charge in [-0.05, 0) is 0 Å². The van der Waals surface area contributed by atoms with Gasteiger partial charge in [-0.1, -0.05) is 0 Å². The van der Waals surface area contributed by atoms with Crippen molar-refractivity contribution in [1.82, 2.24) is 9.97 Å². The molecule has 1 unspecified atom stereocenters. The van der Waals surface area contributed by atoms with Crippen LogP contribution >= 0.6 is 0 Å². The molecular formula is C30H31BN3O2. The van der Waals surface area contributed by atoms with Gasteiger partial charge in [0, 0.05) is 0 Å². The third-order valence-electron chi connectivity index (χ3n) is 6.73.